The van der Waals surface area contributed by atoms with Crippen molar-refractivity contribution >= 4 is 28.3 Å². The second-order valence-electron chi connectivity index (χ2n) is 6.71. The molecule has 3 N–H and O–H groups in total. The minimum atomic E-state index is -3.37. The second kappa shape index (κ2) is 8.45. The summed E-state index contributed by atoms with van der Waals surface area (Å²) in [7, 11) is -4.38. The Hall–Kier alpha value is -2.54. The molecule has 1 aromatic carbocycles. The van der Waals surface area contributed by atoms with E-state index in [-0.39, 0.29) is 11.6 Å². The molecule has 1 atom stereocenters. The number of carbonyl (C=O) groups is 1. The molecule has 1 aliphatic heterocycles. The van der Waals surface area contributed by atoms with Crippen molar-refractivity contribution in [3.8, 4) is 11.6 Å². The molecule has 0 fully saturated rings. The fourth-order valence-electron chi connectivity index (χ4n) is 2.96. The van der Waals surface area contributed by atoms with Crippen LogP contribution in [0.1, 0.15) is 21.6 Å². The van der Waals surface area contributed by atoms with Crippen LogP contribution in [-0.2, 0) is 21.1 Å². The van der Waals surface area contributed by atoms with Gasteiger partial charge in [-0.2, -0.15) is 0 Å². The molecule has 0 radical (unpaired) electrons. The molecule has 1 aromatic heterocycles. The average Bonchev–Trinajstić information content (AvgIpc) is 3.04. The smallest absolute Gasteiger partial charge is 0.437 e. The van der Waals surface area contributed by atoms with Crippen LogP contribution in [0.5, 0.6) is 11.6 Å². The van der Waals surface area contributed by atoms with Gasteiger partial charge in [0.25, 0.3) is 5.91 Å². The Morgan fingerprint density at radius 2 is 2.14 bits per heavy atom. The van der Waals surface area contributed by atoms with E-state index in [1.807, 2.05) is 0 Å². The highest BCUT2D eigenvalue weighted by Gasteiger charge is 2.30. The number of aromatic nitrogens is 2. The summed E-state index contributed by atoms with van der Waals surface area (Å²) in [6, 6.07) is 2.58. The van der Waals surface area contributed by atoms with Crippen molar-refractivity contribution in [2.45, 2.75) is 19.6 Å². The standard InChI is InChI=1S/C17H20BN3O7S/c1-10-14(4-3-11-8-27-18(24)16(10)11)28-15-6-19-13(5-20-15)17(23)21-12(7-22)9-29(2,25)26/h3-6,12,22,24H,7-9H2,1-2H3,(H,21,23)/t12-/m0/s1. The van der Waals surface area contributed by atoms with E-state index in [1.165, 1.54) is 12.4 Å². The molecule has 0 spiro atoms. The summed E-state index contributed by atoms with van der Waals surface area (Å²) >= 11 is 0. The molecule has 2 heterocycles. The maximum atomic E-state index is 12.2. The lowest BCUT2D eigenvalue weighted by Gasteiger charge is -2.15. The highest BCUT2D eigenvalue weighted by atomic mass is 32.2. The zero-order chi connectivity index (χ0) is 21.2. The van der Waals surface area contributed by atoms with Crippen LogP contribution < -0.4 is 15.5 Å². The normalized spacial score (nSPS) is 14.4. The molecule has 0 bridgehead atoms. The van der Waals surface area contributed by atoms with Crippen molar-refractivity contribution in [2.75, 3.05) is 18.6 Å². The van der Waals surface area contributed by atoms with Gasteiger partial charge in [-0.15, -0.1) is 0 Å². The molecular formula is C17H20BN3O7S. The van der Waals surface area contributed by atoms with Gasteiger partial charge >= 0.3 is 7.12 Å². The predicted molar refractivity (Wildman–Crippen MR) is 104 cm³/mol. The fraction of sp³-hybridized carbons (Fsp3) is 0.353. The average molecular weight is 421 g/mol. The zero-order valence-corrected chi connectivity index (χ0v) is 16.6. The first-order valence-corrected chi connectivity index (χ1v) is 10.8. The summed E-state index contributed by atoms with van der Waals surface area (Å²) in [5.41, 5.74) is 2.20. The Kier molecular flexibility index (Phi) is 6.17. The summed E-state index contributed by atoms with van der Waals surface area (Å²) in [5, 5.41) is 21.5. The van der Waals surface area contributed by atoms with Gasteiger partial charge < -0.3 is 24.8 Å². The molecule has 0 aliphatic carbocycles. The van der Waals surface area contributed by atoms with E-state index in [0.717, 1.165) is 11.8 Å². The summed E-state index contributed by atoms with van der Waals surface area (Å²) in [6.07, 6.45) is 3.44. The van der Waals surface area contributed by atoms with Crippen LogP contribution in [0.15, 0.2) is 24.5 Å². The van der Waals surface area contributed by atoms with Gasteiger partial charge in [0.05, 0.1) is 37.4 Å². The largest absolute Gasteiger partial charge is 0.492 e. The Morgan fingerprint density at radius 1 is 1.38 bits per heavy atom. The number of nitrogens with zero attached hydrogens (tertiary/aromatic N) is 2. The maximum absolute atomic E-state index is 12.2. The molecule has 0 saturated carbocycles. The third kappa shape index (κ3) is 5.09. The summed E-state index contributed by atoms with van der Waals surface area (Å²) in [5.74, 6) is -0.460. The first-order chi connectivity index (χ1) is 13.7. The van der Waals surface area contributed by atoms with E-state index >= 15 is 0 Å². The third-order valence-corrected chi connectivity index (χ3v) is 5.34. The van der Waals surface area contributed by atoms with Crippen molar-refractivity contribution in [1.29, 1.82) is 0 Å². The molecule has 0 saturated heterocycles. The summed E-state index contributed by atoms with van der Waals surface area (Å²) in [4.78, 5) is 20.2. The van der Waals surface area contributed by atoms with Crippen LogP contribution in [0, 0.1) is 6.92 Å². The number of carbonyl (C=O) groups excluding carboxylic acids is 1. The van der Waals surface area contributed by atoms with Crippen molar-refractivity contribution in [1.82, 2.24) is 15.3 Å². The molecule has 0 unspecified atom stereocenters. The fourth-order valence-corrected chi connectivity index (χ4v) is 3.88. The number of aliphatic hydroxyl groups is 1. The van der Waals surface area contributed by atoms with E-state index in [2.05, 4.69) is 15.3 Å². The minimum Gasteiger partial charge on any atom is -0.437 e. The Labute approximate surface area is 168 Å². The molecule has 29 heavy (non-hydrogen) atoms. The lowest BCUT2D eigenvalue weighted by atomic mass is 9.76. The zero-order valence-electron chi connectivity index (χ0n) is 15.8. The quantitative estimate of drug-likeness (QED) is 0.475. The van der Waals surface area contributed by atoms with E-state index in [4.69, 9.17) is 9.39 Å². The first-order valence-electron chi connectivity index (χ1n) is 8.69. The molecule has 3 rings (SSSR count). The van der Waals surface area contributed by atoms with Gasteiger partial charge in [0.1, 0.15) is 21.3 Å². The van der Waals surface area contributed by atoms with Gasteiger partial charge in [-0.25, -0.2) is 18.4 Å². The van der Waals surface area contributed by atoms with E-state index in [9.17, 15) is 23.3 Å². The molecule has 10 nitrogen and oxygen atoms in total. The number of rotatable bonds is 7. The van der Waals surface area contributed by atoms with Gasteiger partial charge in [-0.1, -0.05) is 6.07 Å². The number of nitrogens with one attached hydrogen (secondary N) is 1. The molecule has 12 heteroatoms. The van der Waals surface area contributed by atoms with E-state index in [0.29, 0.717) is 23.4 Å². The number of benzene rings is 1. The number of hydrogen-bond donors (Lipinski definition) is 3. The number of ether oxygens (including phenoxy) is 1. The monoisotopic (exact) mass is 421 g/mol. The van der Waals surface area contributed by atoms with Gasteiger partial charge in [0, 0.05) is 6.26 Å². The number of hydrogen-bond acceptors (Lipinski definition) is 9. The van der Waals surface area contributed by atoms with E-state index < -0.39 is 41.3 Å². The van der Waals surface area contributed by atoms with Crippen LogP contribution >= 0.6 is 0 Å². The summed E-state index contributed by atoms with van der Waals surface area (Å²) < 4.78 is 33.5. The maximum Gasteiger partial charge on any atom is 0.492 e. The Bertz CT molecular complexity index is 1010. The van der Waals surface area contributed by atoms with Crippen LogP contribution in [0.2, 0.25) is 0 Å². The van der Waals surface area contributed by atoms with Crippen LogP contribution in [-0.4, -0.2) is 66.2 Å². The van der Waals surface area contributed by atoms with E-state index in [1.54, 1.807) is 19.1 Å². The van der Waals surface area contributed by atoms with Crippen LogP contribution in [0.3, 0.4) is 0 Å². The van der Waals surface area contributed by atoms with Gasteiger partial charge in [0.2, 0.25) is 5.88 Å². The number of fused-ring (bicyclic) bond motifs is 1. The number of sulfone groups is 1. The minimum absolute atomic E-state index is 0.0567. The highest BCUT2D eigenvalue weighted by Crippen LogP contribution is 2.25. The van der Waals surface area contributed by atoms with Crippen molar-refractivity contribution in [3.05, 3.63) is 41.3 Å². The van der Waals surface area contributed by atoms with Crippen molar-refractivity contribution in [2.24, 2.45) is 0 Å². The molecule has 1 amide bonds. The molecule has 1 aliphatic rings. The SMILES string of the molecule is Cc1c(Oc2cnc(C(=O)N[C@@H](CO)CS(C)(=O)=O)cn2)ccc2c1B(O)OC2. The topological polar surface area (TPSA) is 148 Å². The predicted octanol–water partition coefficient (Wildman–Crippen LogP) is -1.07. The lowest BCUT2D eigenvalue weighted by Crippen LogP contribution is -2.42. The van der Waals surface area contributed by atoms with Gasteiger partial charge in [-0.05, 0) is 29.6 Å². The van der Waals surface area contributed by atoms with Crippen molar-refractivity contribution in [3.63, 3.8) is 0 Å². The van der Waals surface area contributed by atoms with Crippen LogP contribution in [0.25, 0.3) is 0 Å². The second-order valence-corrected chi connectivity index (χ2v) is 8.90. The molecule has 154 valence electrons. The summed E-state index contributed by atoms with van der Waals surface area (Å²) in [6.45, 7) is 1.59. The third-order valence-electron chi connectivity index (χ3n) is 4.33. The molecular weight excluding hydrogens is 401 g/mol. The van der Waals surface area contributed by atoms with Gasteiger partial charge in [0.15, 0.2) is 0 Å². The Balaban J connectivity index is 1.69. The molecule has 2 aromatic rings. The number of aliphatic hydroxyl groups excluding tert-OH is 1. The highest BCUT2D eigenvalue weighted by molar-refractivity contribution is 7.90. The first kappa shape index (κ1) is 21.2. The van der Waals surface area contributed by atoms with Gasteiger partial charge in [-0.3, -0.25) is 4.79 Å². The number of amides is 1. The van der Waals surface area contributed by atoms with Crippen LogP contribution in [0.4, 0.5) is 0 Å². The lowest BCUT2D eigenvalue weighted by molar-refractivity contribution is 0.0917. The Morgan fingerprint density at radius 3 is 2.76 bits per heavy atom. The van der Waals surface area contributed by atoms with Crippen molar-refractivity contribution < 1.29 is 32.7 Å².